The number of benzene rings is 1. The van der Waals surface area contributed by atoms with Crippen LogP contribution in [0.1, 0.15) is 31.7 Å². The van der Waals surface area contributed by atoms with Crippen LogP contribution in [0.15, 0.2) is 18.2 Å². The van der Waals surface area contributed by atoms with E-state index >= 15 is 0 Å². The van der Waals surface area contributed by atoms with Gasteiger partial charge in [-0.25, -0.2) is 4.79 Å². The Hall–Kier alpha value is -2.04. The second-order valence-electron chi connectivity index (χ2n) is 4.84. The molecule has 5 nitrogen and oxygen atoms in total. The van der Waals surface area contributed by atoms with Gasteiger partial charge < -0.3 is 4.74 Å². The third kappa shape index (κ3) is 2.70. The first-order valence-corrected chi connectivity index (χ1v) is 6.32. The highest BCUT2D eigenvalue weighted by Gasteiger charge is 2.26. The molecule has 1 fully saturated rings. The van der Waals surface area contributed by atoms with Crippen LogP contribution in [0.2, 0.25) is 0 Å². The number of carbonyl (C=O) groups is 2. The average Bonchev–Trinajstić information content (AvgIpc) is 2.38. The molecular formula is C14H18N2O3. The summed E-state index contributed by atoms with van der Waals surface area (Å²) in [7, 11) is 1.58. The molecule has 0 saturated carbocycles. The second-order valence-corrected chi connectivity index (χ2v) is 4.84. The van der Waals surface area contributed by atoms with Crippen LogP contribution in [-0.4, -0.2) is 25.6 Å². The van der Waals surface area contributed by atoms with Crippen molar-refractivity contribution < 1.29 is 14.3 Å². The summed E-state index contributed by atoms with van der Waals surface area (Å²) in [6, 6.07) is 5.38. The van der Waals surface area contributed by atoms with Crippen molar-refractivity contribution in [3.05, 3.63) is 23.8 Å². The highest BCUT2D eigenvalue weighted by Crippen LogP contribution is 2.32. The summed E-state index contributed by atoms with van der Waals surface area (Å²) in [6.45, 7) is 4.57. The van der Waals surface area contributed by atoms with E-state index in [-0.39, 0.29) is 5.91 Å². The molecule has 0 bridgehead atoms. The van der Waals surface area contributed by atoms with Gasteiger partial charge in [-0.05, 0) is 23.6 Å². The summed E-state index contributed by atoms with van der Waals surface area (Å²) in [5.74, 6) is 0.800. The molecule has 1 saturated heterocycles. The van der Waals surface area contributed by atoms with E-state index in [0.717, 1.165) is 5.56 Å². The second kappa shape index (κ2) is 5.30. The molecule has 0 atom stereocenters. The van der Waals surface area contributed by atoms with Gasteiger partial charge in [-0.3, -0.25) is 15.0 Å². The molecule has 5 heteroatoms. The fourth-order valence-electron chi connectivity index (χ4n) is 2.07. The van der Waals surface area contributed by atoms with Crippen molar-refractivity contribution in [2.24, 2.45) is 0 Å². The zero-order valence-corrected chi connectivity index (χ0v) is 11.4. The van der Waals surface area contributed by atoms with E-state index < -0.39 is 6.03 Å². The van der Waals surface area contributed by atoms with Gasteiger partial charge in [-0.15, -0.1) is 0 Å². The fraction of sp³-hybridized carbons (Fsp3) is 0.429. The smallest absolute Gasteiger partial charge is 0.328 e. The van der Waals surface area contributed by atoms with E-state index in [9.17, 15) is 9.59 Å². The number of carbonyl (C=O) groups excluding carboxylic acids is 2. The number of nitrogens with zero attached hydrogens (tertiary/aromatic N) is 1. The number of nitrogens with one attached hydrogen (secondary N) is 1. The first-order chi connectivity index (χ1) is 9.02. The lowest BCUT2D eigenvalue weighted by Crippen LogP contribution is -2.49. The van der Waals surface area contributed by atoms with E-state index in [4.69, 9.17) is 4.74 Å². The van der Waals surface area contributed by atoms with Gasteiger partial charge in [0.15, 0.2) is 0 Å². The van der Waals surface area contributed by atoms with Crippen LogP contribution >= 0.6 is 0 Å². The van der Waals surface area contributed by atoms with Crippen molar-refractivity contribution in [2.75, 3.05) is 18.6 Å². The quantitative estimate of drug-likeness (QED) is 0.909. The van der Waals surface area contributed by atoms with Gasteiger partial charge in [0.2, 0.25) is 5.91 Å². The molecule has 1 N–H and O–H groups in total. The Labute approximate surface area is 112 Å². The Kier molecular flexibility index (Phi) is 3.74. The van der Waals surface area contributed by atoms with Crippen LogP contribution in [0.4, 0.5) is 10.5 Å². The summed E-state index contributed by atoms with van der Waals surface area (Å²) < 4.78 is 5.36. The number of ether oxygens (including phenoxy) is 1. The minimum absolute atomic E-state index is 0.237. The van der Waals surface area contributed by atoms with Crippen LogP contribution in [0, 0.1) is 0 Å². The molecular weight excluding hydrogens is 244 g/mol. The van der Waals surface area contributed by atoms with Crippen molar-refractivity contribution in [3.8, 4) is 5.75 Å². The van der Waals surface area contributed by atoms with Crippen LogP contribution in [0.3, 0.4) is 0 Å². The van der Waals surface area contributed by atoms with E-state index in [1.54, 1.807) is 7.11 Å². The number of urea groups is 1. The minimum Gasteiger partial charge on any atom is -0.495 e. The zero-order valence-electron chi connectivity index (χ0n) is 11.4. The number of anilines is 1. The van der Waals surface area contributed by atoms with Gasteiger partial charge in [0.25, 0.3) is 0 Å². The Morgan fingerprint density at radius 2 is 2.05 bits per heavy atom. The Balaban J connectivity index is 2.34. The van der Waals surface area contributed by atoms with Gasteiger partial charge >= 0.3 is 6.03 Å². The zero-order chi connectivity index (χ0) is 14.0. The molecule has 1 aliphatic heterocycles. The normalized spacial score (nSPS) is 15.7. The van der Waals surface area contributed by atoms with Gasteiger partial charge in [0.1, 0.15) is 5.75 Å². The van der Waals surface area contributed by atoms with Gasteiger partial charge in [-0.2, -0.15) is 0 Å². The molecule has 2 rings (SSSR count). The lowest BCUT2D eigenvalue weighted by Gasteiger charge is -2.28. The molecule has 0 spiro atoms. The third-order valence-corrected chi connectivity index (χ3v) is 3.22. The van der Waals surface area contributed by atoms with Crippen molar-refractivity contribution >= 4 is 17.6 Å². The molecule has 3 amide bonds. The summed E-state index contributed by atoms with van der Waals surface area (Å²) in [6.07, 6.45) is 0.306. The van der Waals surface area contributed by atoms with Gasteiger partial charge in [0, 0.05) is 13.0 Å². The average molecular weight is 262 g/mol. The molecule has 19 heavy (non-hydrogen) atoms. The lowest BCUT2D eigenvalue weighted by molar-refractivity contribution is -0.120. The van der Waals surface area contributed by atoms with Crippen molar-refractivity contribution in [1.29, 1.82) is 0 Å². The molecule has 102 valence electrons. The predicted octanol–water partition coefficient (Wildman–Crippen LogP) is 2.26. The van der Waals surface area contributed by atoms with Crippen LogP contribution in [-0.2, 0) is 4.79 Å². The standard InChI is InChI=1S/C14H18N2O3/c1-9(2)10-4-5-11(12(8-10)19-3)16-7-6-13(17)15-14(16)18/h4-5,8-9H,6-7H2,1-3H3,(H,15,17,18). The summed E-state index contributed by atoms with van der Waals surface area (Å²) >= 11 is 0. The molecule has 0 aromatic heterocycles. The SMILES string of the molecule is COc1cc(C(C)C)ccc1N1CCC(=O)NC1=O. The van der Waals surface area contributed by atoms with Crippen molar-refractivity contribution in [1.82, 2.24) is 5.32 Å². The number of methoxy groups -OCH3 is 1. The first kappa shape index (κ1) is 13.4. The van der Waals surface area contributed by atoms with Crippen LogP contribution in [0.5, 0.6) is 5.75 Å². The Bertz CT molecular complexity index is 511. The van der Waals surface area contributed by atoms with Crippen LogP contribution < -0.4 is 15.0 Å². The lowest BCUT2D eigenvalue weighted by atomic mass is 10.0. The number of rotatable bonds is 3. The number of hydrogen-bond acceptors (Lipinski definition) is 3. The summed E-state index contributed by atoms with van der Waals surface area (Å²) in [5, 5.41) is 2.31. The first-order valence-electron chi connectivity index (χ1n) is 6.32. The van der Waals surface area contributed by atoms with E-state index in [0.29, 0.717) is 30.3 Å². The minimum atomic E-state index is -0.396. The van der Waals surface area contributed by atoms with Crippen molar-refractivity contribution in [2.45, 2.75) is 26.2 Å². The Morgan fingerprint density at radius 3 is 2.63 bits per heavy atom. The topological polar surface area (TPSA) is 58.6 Å². The molecule has 1 heterocycles. The molecule has 0 unspecified atom stereocenters. The van der Waals surface area contributed by atoms with Gasteiger partial charge in [-0.1, -0.05) is 19.9 Å². The largest absolute Gasteiger partial charge is 0.495 e. The molecule has 1 aromatic rings. The maximum atomic E-state index is 11.8. The molecule has 0 aliphatic carbocycles. The predicted molar refractivity (Wildman–Crippen MR) is 72.6 cm³/mol. The third-order valence-electron chi connectivity index (χ3n) is 3.22. The van der Waals surface area contributed by atoms with E-state index in [2.05, 4.69) is 19.2 Å². The van der Waals surface area contributed by atoms with Crippen LogP contribution in [0.25, 0.3) is 0 Å². The maximum absolute atomic E-state index is 11.8. The molecule has 1 aromatic carbocycles. The monoisotopic (exact) mass is 262 g/mol. The number of hydrogen-bond donors (Lipinski definition) is 1. The fourth-order valence-corrected chi connectivity index (χ4v) is 2.07. The van der Waals surface area contributed by atoms with Gasteiger partial charge in [0.05, 0.1) is 12.8 Å². The highest BCUT2D eigenvalue weighted by atomic mass is 16.5. The molecule has 0 radical (unpaired) electrons. The number of amides is 3. The Morgan fingerprint density at radius 1 is 1.32 bits per heavy atom. The highest BCUT2D eigenvalue weighted by molar-refractivity contribution is 6.06. The molecule has 1 aliphatic rings. The van der Waals surface area contributed by atoms with Crippen molar-refractivity contribution in [3.63, 3.8) is 0 Å². The van der Waals surface area contributed by atoms with E-state index in [1.165, 1.54) is 4.90 Å². The number of imide groups is 1. The summed E-state index contributed by atoms with van der Waals surface area (Å²) in [4.78, 5) is 24.5. The van der Waals surface area contributed by atoms with E-state index in [1.807, 2.05) is 18.2 Å². The maximum Gasteiger partial charge on any atom is 0.328 e. The summed E-state index contributed by atoms with van der Waals surface area (Å²) in [5.41, 5.74) is 1.84.